The molecule has 0 aliphatic rings. The van der Waals surface area contributed by atoms with E-state index in [4.69, 9.17) is 16.9 Å². The molecule has 0 aliphatic heterocycles. The van der Waals surface area contributed by atoms with Gasteiger partial charge < -0.3 is 0 Å². The molecule has 0 amide bonds. The van der Waals surface area contributed by atoms with Gasteiger partial charge in [0.25, 0.3) is 0 Å². The Hall–Kier alpha value is -2.38. The Morgan fingerprint density at radius 3 is 2.76 bits per heavy atom. The lowest BCUT2D eigenvalue weighted by Gasteiger charge is -2.04. The number of aromatic nitrogens is 3. The van der Waals surface area contributed by atoms with Gasteiger partial charge in [-0.3, -0.25) is 4.57 Å². The molecule has 0 bridgehead atoms. The zero-order valence-electron chi connectivity index (χ0n) is 11.3. The van der Waals surface area contributed by atoms with Crippen LogP contribution < -0.4 is 0 Å². The molecule has 2 aromatic heterocycles. The van der Waals surface area contributed by atoms with Crippen LogP contribution in [0.2, 0.25) is 5.02 Å². The van der Waals surface area contributed by atoms with E-state index in [1.165, 1.54) is 5.56 Å². The fourth-order valence-electron chi connectivity index (χ4n) is 2.36. The molecule has 104 valence electrons. The van der Waals surface area contributed by atoms with E-state index in [0.29, 0.717) is 10.7 Å². The van der Waals surface area contributed by atoms with E-state index in [-0.39, 0.29) is 6.54 Å². The Balaban J connectivity index is 1.93. The molecule has 0 spiro atoms. The van der Waals surface area contributed by atoms with Crippen molar-refractivity contribution < 1.29 is 0 Å². The molecule has 5 heteroatoms. The Kier molecular flexibility index (Phi) is 3.85. The summed E-state index contributed by atoms with van der Waals surface area (Å²) in [4.78, 5) is 8.86. The largest absolute Gasteiger partial charge is 0.299 e. The minimum Gasteiger partial charge on any atom is -0.299 e. The van der Waals surface area contributed by atoms with Crippen LogP contribution in [-0.4, -0.2) is 14.5 Å². The summed E-state index contributed by atoms with van der Waals surface area (Å²) in [6.07, 6.45) is 3.23. The van der Waals surface area contributed by atoms with Crippen molar-refractivity contribution in [3.05, 3.63) is 59.0 Å². The number of hydrogen-bond acceptors (Lipinski definition) is 3. The van der Waals surface area contributed by atoms with Crippen LogP contribution in [-0.2, 0) is 19.4 Å². The number of nitrogens with zero attached hydrogens (tertiary/aromatic N) is 4. The SMILES string of the molecule is N#CCn1c(CCc2ccccc2)nc2cc(Cl)cnc21. The van der Waals surface area contributed by atoms with Crippen molar-refractivity contribution in [2.75, 3.05) is 0 Å². The highest BCUT2D eigenvalue weighted by atomic mass is 35.5. The van der Waals surface area contributed by atoms with Crippen molar-refractivity contribution in [1.82, 2.24) is 14.5 Å². The first-order valence-corrected chi connectivity index (χ1v) is 7.07. The average Bonchev–Trinajstić information content (AvgIpc) is 2.84. The second-order valence-corrected chi connectivity index (χ2v) is 5.19. The zero-order chi connectivity index (χ0) is 14.7. The molecule has 0 saturated heterocycles. The van der Waals surface area contributed by atoms with Crippen molar-refractivity contribution in [3.8, 4) is 6.07 Å². The van der Waals surface area contributed by atoms with E-state index in [2.05, 4.69) is 28.2 Å². The lowest BCUT2D eigenvalue weighted by molar-refractivity contribution is 0.742. The first-order chi connectivity index (χ1) is 10.3. The van der Waals surface area contributed by atoms with Crippen LogP contribution in [0.25, 0.3) is 11.2 Å². The van der Waals surface area contributed by atoms with Crippen LogP contribution in [0.1, 0.15) is 11.4 Å². The number of fused-ring (bicyclic) bond motifs is 1. The molecule has 3 rings (SSSR count). The fraction of sp³-hybridized carbons (Fsp3) is 0.188. The van der Waals surface area contributed by atoms with Gasteiger partial charge in [0.15, 0.2) is 5.65 Å². The molecular formula is C16H13ClN4. The number of pyridine rings is 1. The Labute approximate surface area is 127 Å². The van der Waals surface area contributed by atoms with Crippen molar-refractivity contribution in [2.45, 2.75) is 19.4 Å². The molecule has 0 N–H and O–H groups in total. The molecule has 0 unspecified atom stereocenters. The summed E-state index contributed by atoms with van der Waals surface area (Å²) in [5.74, 6) is 0.866. The van der Waals surface area contributed by atoms with Gasteiger partial charge in [0.2, 0.25) is 0 Å². The minimum absolute atomic E-state index is 0.245. The minimum atomic E-state index is 0.245. The van der Waals surface area contributed by atoms with Gasteiger partial charge >= 0.3 is 0 Å². The summed E-state index contributed by atoms with van der Waals surface area (Å²) in [5.41, 5.74) is 2.70. The van der Waals surface area contributed by atoms with Crippen LogP contribution in [0.15, 0.2) is 42.6 Å². The fourth-order valence-corrected chi connectivity index (χ4v) is 2.51. The van der Waals surface area contributed by atoms with Gasteiger partial charge in [-0.2, -0.15) is 5.26 Å². The van der Waals surface area contributed by atoms with Crippen molar-refractivity contribution >= 4 is 22.8 Å². The molecule has 2 heterocycles. The van der Waals surface area contributed by atoms with Gasteiger partial charge in [-0.1, -0.05) is 41.9 Å². The summed E-state index contributed by atoms with van der Waals surface area (Å²) in [5, 5.41) is 9.56. The predicted octanol–water partition coefficient (Wildman–Crippen LogP) is 3.39. The monoisotopic (exact) mass is 296 g/mol. The maximum atomic E-state index is 9.01. The molecule has 1 aromatic carbocycles. The smallest absolute Gasteiger partial charge is 0.161 e. The quantitative estimate of drug-likeness (QED) is 0.741. The van der Waals surface area contributed by atoms with E-state index in [1.807, 2.05) is 22.8 Å². The van der Waals surface area contributed by atoms with E-state index < -0.39 is 0 Å². The Bertz CT molecular complexity index is 802. The van der Waals surface area contributed by atoms with Crippen molar-refractivity contribution in [1.29, 1.82) is 5.26 Å². The first-order valence-electron chi connectivity index (χ1n) is 6.69. The van der Waals surface area contributed by atoms with E-state index >= 15 is 0 Å². The zero-order valence-corrected chi connectivity index (χ0v) is 12.1. The number of aryl methyl sites for hydroxylation is 2. The maximum absolute atomic E-state index is 9.01. The van der Waals surface area contributed by atoms with Gasteiger partial charge in [-0.05, 0) is 18.1 Å². The van der Waals surface area contributed by atoms with Gasteiger partial charge in [0.05, 0.1) is 11.1 Å². The van der Waals surface area contributed by atoms with E-state index in [1.54, 1.807) is 12.3 Å². The molecule has 0 saturated carbocycles. The van der Waals surface area contributed by atoms with Crippen molar-refractivity contribution in [2.24, 2.45) is 0 Å². The highest BCUT2D eigenvalue weighted by Crippen LogP contribution is 2.19. The van der Waals surface area contributed by atoms with E-state index in [9.17, 15) is 0 Å². The normalized spacial score (nSPS) is 10.7. The summed E-state index contributed by atoms with van der Waals surface area (Å²) in [6, 6.07) is 14.2. The molecule has 0 atom stereocenters. The number of rotatable bonds is 4. The van der Waals surface area contributed by atoms with Crippen molar-refractivity contribution in [3.63, 3.8) is 0 Å². The predicted molar refractivity (Wildman–Crippen MR) is 82.0 cm³/mol. The highest BCUT2D eigenvalue weighted by Gasteiger charge is 2.12. The van der Waals surface area contributed by atoms with Gasteiger partial charge in [-0.15, -0.1) is 0 Å². The molecule has 0 radical (unpaired) electrons. The lowest BCUT2D eigenvalue weighted by Crippen LogP contribution is -2.05. The van der Waals surface area contributed by atoms with Crippen LogP contribution in [0, 0.1) is 11.3 Å². The molecule has 0 fully saturated rings. The number of benzene rings is 1. The van der Waals surface area contributed by atoms with Crippen LogP contribution >= 0.6 is 11.6 Å². The summed E-state index contributed by atoms with van der Waals surface area (Å²) >= 11 is 5.95. The summed E-state index contributed by atoms with van der Waals surface area (Å²) in [7, 11) is 0. The number of hydrogen-bond donors (Lipinski definition) is 0. The topological polar surface area (TPSA) is 54.5 Å². The second-order valence-electron chi connectivity index (χ2n) is 4.75. The average molecular weight is 297 g/mol. The lowest BCUT2D eigenvalue weighted by atomic mass is 10.1. The van der Waals surface area contributed by atoms with Crippen LogP contribution in [0.3, 0.4) is 0 Å². The summed E-state index contributed by atoms with van der Waals surface area (Å²) in [6.45, 7) is 0.245. The van der Waals surface area contributed by atoms with Gasteiger partial charge in [-0.25, -0.2) is 9.97 Å². The number of nitriles is 1. The Morgan fingerprint density at radius 1 is 1.19 bits per heavy atom. The molecule has 21 heavy (non-hydrogen) atoms. The third-order valence-electron chi connectivity index (χ3n) is 3.34. The van der Waals surface area contributed by atoms with Gasteiger partial charge in [0, 0.05) is 12.6 Å². The molecule has 0 aliphatic carbocycles. The maximum Gasteiger partial charge on any atom is 0.161 e. The third-order valence-corrected chi connectivity index (χ3v) is 3.55. The van der Waals surface area contributed by atoms with Gasteiger partial charge in [0.1, 0.15) is 17.9 Å². The standard InChI is InChI=1S/C16H13ClN4/c17-13-10-14-16(19-11-13)21(9-8-18)15(20-14)7-6-12-4-2-1-3-5-12/h1-5,10-11H,6-7,9H2. The molecular weight excluding hydrogens is 284 g/mol. The Morgan fingerprint density at radius 2 is 2.00 bits per heavy atom. The van der Waals surface area contributed by atoms with Crippen LogP contribution in [0.5, 0.6) is 0 Å². The highest BCUT2D eigenvalue weighted by molar-refractivity contribution is 6.31. The molecule has 3 aromatic rings. The number of imidazole rings is 1. The molecule has 4 nitrogen and oxygen atoms in total. The third kappa shape index (κ3) is 2.88. The number of halogens is 1. The van der Waals surface area contributed by atoms with Crippen LogP contribution in [0.4, 0.5) is 0 Å². The summed E-state index contributed by atoms with van der Waals surface area (Å²) < 4.78 is 1.86. The first kappa shape index (κ1) is 13.6. The van der Waals surface area contributed by atoms with E-state index in [0.717, 1.165) is 24.2 Å². The second kappa shape index (κ2) is 5.94.